The Labute approximate surface area is 222 Å². The summed E-state index contributed by atoms with van der Waals surface area (Å²) in [6.07, 6.45) is 7.81. The number of ether oxygens (including phenoxy) is 2. The molecule has 0 radical (unpaired) electrons. The summed E-state index contributed by atoms with van der Waals surface area (Å²) in [6, 6.07) is 11.1. The normalized spacial score (nSPS) is 10.9. The average molecular weight is 530 g/mol. The van der Waals surface area contributed by atoms with Crippen molar-refractivity contribution in [1.29, 1.82) is 0 Å². The van der Waals surface area contributed by atoms with E-state index in [1.807, 2.05) is 6.20 Å². The summed E-state index contributed by atoms with van der Waals surface area (Å²) >= 11 is 0. The molecule has 0 atom stereocenters. The molecule has 0 bridgehead atoms. The number of pyridine rings is 2. The predicted molar refractivity (Wildman–Crippen MR) is 141 cm³/mol. The van der Waals surface area contributed by atoms with E-state index >= 15 is 0 Å². The second-order valence-electron chi connectivity index (χ2n) is 8.57. The Balaban J connectivity index is 1.51. The van der Waals surface area contributed by atoms with Gasteiger partial charge in [-0.05, 0) is 36.4 Å². The number of rotatable bonds is 7. The van der Waals surface area contributed by atoms with Gasteiger partial charge in [-0.15, -0.1) is 0 Å². The molecule has 11 nitrogen and oxygen atoms in total. The standard InChI is InChI=1S/C27H24FN7O4/c1-33-14-17(11-31-33)15-34(20-6-7-21(28)23(10-20)38-2)26(36)19-5-9-25-30-13-22(35(25)16-19)18-4-8-24(29-12-18)32-27(37)39-3/h4-14,16H,15H2,1-3H3,(H,29,32,37). The van der Waals surface area contributed by atoms with Gasteiger partial charge in [-0.2, -0.15) is 5.10 Å². The molecule has 0 spiro atoms. The summed E-state index contributed by atoms with van der Waals surface area (Å²) in [4.78, 5) is 35.6. The lowest BCUT2D eigenvalue weighted by Crippen LogP contribution is -2.30. The van der Waals surface area contributed by atoms with Gasteiger partial charge in [0.25, 0.3) is 5.91 Å². The summed E-state index contributed by atoms with van der Waals surface area (Å²) in [5.74, 6) is -0.483. The number of anilines is 2. The van der Waals surface area contributed by atoms with Crippen molar-refractivity contribution in [2.45, 2.75) is 6.54 Å². The quantitative estimate of drug-likeness (QED) is 0.334. The first kappa shape index (κ1) is 25.4. The monoisotopic (exact) mass is 529 g/mol. The van der Waals surface area contributed by atoms with Gasteiger partial charge in [0, 0.05) is 48.5 Å². The van der Waals surface area contributed by atoms with E-state index in [1.165, 1.54) is 37.3 Å². The zero-order valence-electron chi connectivity index (χ0n) is 21.3. The van der Waals surface area contributed by atoms with Crippen LogP contribution in [0, 0.1) is 5.82 Å². The lowest BCUT2D eigenvalue weighted by molar-refractivity contribution is 0.0984. The van der Waals surface area contributed by atoms with Crippen LogP contribution in [0.15, 0.2) is 73.4 Å². The number of hydrogen-bond acceptors (Lipinski definition) is 7. The van der Waals surface area contributed by atoms with Crippen LogP contribution in [0.4, 0.5) is 20.7 Å². The minimum Gasteiger partial charge on any atom is -0.494 e. The molecule has 2 amide bonds. The molecule has 5 aromatic rings. The molecule has 1 aromatic carbocycles. The Morgan fingerprint density at radius 3 is 2.56 bits per heavy atom. The third-order valence-corrected chi connectivity index (χ3v) is 6.02. The number of amides is 2. The molecule has 0 saturated carbocycles. The number of carbonyl (C=O) groups excluding carboxylic acids is 2. The van der Waals surface area contributed by atoms with Crippen molar-refractivity contribution in [1.82, 2.24) is 24.1 Å². The Morgan fingerprint density at radius 2 is 1.87 bits per heavy atom. The smallest absolute Gasteiger partial charge is 0.412 e. The number of nitrogens with one attached hydrogen (secondary N) is 1. The maximum absolute atomic E-state index is 14.2. The topological polar surface area (TPSA) is 116 Å². The Morgan fingerprint density at radius 1 is 1.03 bits per heavy atom. The summed E-state index contributed by atoms with van der Waals surface area (Å²) in [5, 5.41) is 6.70. The summed E-state index contributed by atoms with van der Waals surface area (Å²) in [7, 11) is 4.43. The molecular formula is C27H24FN7O4. The van der Waals surface area contributed by atoms with E-state index in [1.54, 1.807) is 65.2 Å². The molecule has 0 aliphatic carbocycles. The van der Waals surface area contributed by atoms with Crippen molar-refractivity contribution in [2.24, 2.45) is 7.05 Å². The van der Waals surface area contributed by atoms with Crippen LogP contribution in [0.25, 0.3) is 16.9 Å². The van der Waals surface area contributed by atoms with E-state index in [0.29, 0.717) is 28.4 Å². The average Bonchev–Trinajstić information content (AvgIpc) is 3.57. The molecule has 0 unspecified atom stereocenters. The van der Waals surface area contributed by atoms with Crippen molar-refractivity contribution in [3.05, 3.63) is 90.4 Å². The first-order chi connectivity index (χ1) is 18.9. The molecule has 0 aliphatic heterocycles. The van der Waals surface area contributed by atoms with Gasteiger partial charge in [-0.3, -0.25) is 19.2 Å². The van der Waals surface area contributed by atoms with Crippen LogP contribution in [-0.2, 0) is 18.3 Å². The van der Waals surface area contributed by atoms with Crippen LogP contribution >= 0.6 is 0 Å². The van der Waals surface area contributed by atoms with E-state index in [2.05, 4.69) is 25.1 Å². The van der Waals surface area contributed by atoms with Gasteiger partial charge in [0.2, 0.25) is 0 Å². The van der Waals surface area contributed by atoms with E-state index in [9.17, 15) is 14.0 Å². The molecule has 198 valence electrons. The molecule has 0 fully saturated rings. The third kappa shape index (κ3) is 5.25. The summed E-state index contributed by atoms with van der Waals surface area (Å²) in [6.45, 7) is 0.203. The maximum atomic E-state index is 14.2. The minimum absolute atomic E-state index is 0.0291. The van der Waals surface area contributed by atoms with Crippen LogP contribution in [0.3, 0.4) is 0 Å². The highest BCUT2D eigenvalue weighted by Gasteiger charge is 2.22. The Kier molecular flexibility index (Phi) is 6.91. The van der Waals surface area contributed by atoms with Crippen LogP contribution < -0.4 is 15.0 Å². The first-order valence-electron chi connectivity index (χ1n) is 11.8. The lowest BCUT2D eigenvalue weighted by Gasteiger charge is -2.23. The number of nitrogens with zero attached hydrogens (tertiary/aromatic N) is 6. The maximum Gasteiger partial charge on any atom is 0.412 e. The number of halogens is 1. The zero-order valence-corrected chi connectivity index (χ0v) is 21.3. The highest BCUT2D eigenvalue weighted by Crippen LogP contribution is 2.28. The predicted octanol–water partition coefficient (Wildman–Crippen LogP) is 4.30. The Bertz CT molecular complexity index is 1660. The fraction of sp³-hybridized carbons (Fsp3) is 0.148. The van der Waals surface area contributed by atoms with E-state index in [-0.39, 0.29) is 18.2 Å². The molecular weight excluding hydrogens is 505 g/mol. The van der Waals surface area contributed by atoms with Crippen LogP contribution in [0.5, 0.6) is 5.75 Å². The van der Waals surface area contributed by atoms with Crippen molar-refractivity contribution in [3.8, 4) is 17.0 Å². The van der Waals surface area contributed by atoms with E-state index in [4.69, 9.17) is 4.74 Å². The highest BCUT2D eigenvalue weighted by atomic mass is 19.1. The van der Waals surface area contributed by atoms with Gasteiger partial charge >= 0.3 is 6.09 Å². The van der Waals surface area contributed by atoms with Crippen molar-refractivity contribution in [3.63, 3.8) is 0 Å². The Hall–Kier alpha value is -5.26. The van der Waals surface area contributed by atoms with Gasteiger partial charge < -0.3 is 14.4 Å². The van der Waals surface area contributed by atoms with Gasteiger partial charge in [-0.25, -0.2) is 19.2 Å². The van der Waals surface area contributed by atoms with Crippen molar-refractivity contribution >= 4 is 29.2 Å². The van der Waals surface area contributed by atoms with E-state index < -0.39 is 11.9 Å². The molecule has 5 rings (SSSR count). The summed E-state index contributed by atoms with van der Waals surface area (Å²) < 4.78 is 27.3. The van der Waals surface area contributed by atoms with Crippen LogP contribution in [-0.4, -0.2) is 50.4 Å². The van der Waals surface area contributed by atoms with Crippen LogP contribution in [0.1, 0.15) is 15.9 Å². The number of hydrogen-bond donors (Lipinski definition) is 1. The molecule has 1 N–H and O–H groups in total. The number of aryl methyl sites for hydroxylation is 1. The SMILES string of the molecule is COC(=O)Nc1ccc(-c2cnc3ccc(C(=O)N(Cc4cnn(C)c4)c4ccc(F)c(OC)c4)cn23)cn1. The third-order valence-electron chi connectivity index (χ3n) is 6.02. The van der Waals surface area contributed by atoms with E-state index in [0.717, 1.165) is 11.1 Å². The molecule has 39 heavy (non-hydrogen) atoms. The fourth-order valence-corrected chi connectivity index (χ4v) is 4.08. The van der Waals surface area contributed by atoms with Crippen LogP contribution in [0.2, 0.25) is 0 Å². The molecule has 4 aromatic heterocycles. The largest absolute Gasteiger partial charge is 0.494 e. The number of benzene rings is 1. The molecule has 0 saturated heterocycles. The second-order valence-corrected chi connectivity index (χ2v) is 8.57. The lowest BCUT2D eigenvalue weighted by atomic mass is 10.1. The number of imidazole rings is 1. The first-order valence-corrected chi connectivity index (χ1v) is 11.8. The van der Waals surface area contributed by atoms with Gasteiger partial charge in [0.15, 0.2) is 11.6 Å². The van der Waals surface area contributed by atoms with Crippen molar-refractivity contribution in [2.75, 3.05) is 24.4 Å². The molecule has 0 aliphatic rings. The van der Waals surface area contributed by atoms with Crippen molar-refractivity contribution < 1.29 is 23.5 Å². The van der Waals surface area contributed by atoms with Gasteiger partial charge in [0.1, 0.15) is 11.5 Å². The number of fused-ring (bicyclic) bond motifs is 1. The van der Waals surface area contributed by atoms with Gasteiger partial charge in [-0.1, -0.05) is 0 Å². The number of methoxy groups -OCH3 is 2. The fourth-order valence-electron chi connectivity index (χ4n) is 4.08. The molecule has 12 heteroatoms. The molecule has 4 heterocycles. The minimum atomic E-state index is -0.622. The van der Waals surface area contributed by atoms with Gasteiger partial charge in [0.05, 0.1) is 44.4 Å². The number of carbonyl (C=O) groups is 2. The highest BCUT2D eigenvalue weighted by molar-refractivity contribution is 6.06. The zero-order chi connectivity index (χ0) is 27.5. The second kappa shape index (κ2) is 10.6. The summed E-state index contributed by atoms with van der Waals surface area (Å²) in [5.41, 5.74) is 3.68. The number of aromatic nitrogens is 5.